The van der Waals surface area contributed by atoms with Gasteiger partial charge in [-0.1, -0.05) is 23.7 Å². The standard InChI is InChI=1S/C15H11Cl2FN2/c1-9-5-6-10(18)7-13(9)20-12-4-2-3-11(17)15(12)19-14(20)8-16/h2-7H,8H2,1H3. The zero-order valence-corrected chi connectivity index (χ0v) is 12.2. The molecule has 3 aromatic rings. The smallest absolute Gasteiger partial charge is 0.129 e. The Morgan fingerprint density at radius 3 is 2.80 bits per heavy atom. The molecule has 0 radical (unpaired) electrons. The van der Waals surface area contributed by atoms with Crippen molar-refractivity contribution >= 4 is 34.2 Å². The second-order valence-corrected chi connectivity index (χ2v) is 5.21. The van der Waals surface area contributed by atoms with Crippen LogP contribution in [0.3, 0.4) is 0 Å². The molecule has 0 saturated heterocycles. The van der Waals surface area contributed by atoms with Gasteiger partial charge in [0.2, 0.25) is 0 Å². The molecule has 102 valence electrons. The number of fused-ring (bicyclic) bond motifs is 1. The number of aromatic nitrogens is 2. The van der Waals surface area contributed by atoms with Gasteiger partial charge < -0.3 is 0 Å². The van der Waals surface area contributed by atoms with Crippen molar-refractivity contribution in [3.05, 3.63) is 58.6 Å². The second kappa shape index (κ2) is 5.08. The van der Waals surface area contributed by atoms with Crippen LogP contribution in [0, 0.1) is 12.7 Å². The van der Waals surface area contributed by atoms with E-state index in [1.165, 1.54) is 12.1 Å². The molecule has 0 aliphatic heterocycles. The van der Waals surface area contributed by atoms with E-state index in [0.717, 1.165) is 16.8 Å². The summed E-state index contributed by atoms with van der Waals surface area (Å²) in [7, 11) is 0. The van der Waals surface area contributed by atoms with Gasteiger partial charge in [0.1, 0.15) is 17.2 Å². The van der Waals surface area contributed by atoms with Gasteiger partial charge in [0.15, 0.2) is 0 Å². The van der Waals surface area contributed by atoms with Crippen molar-refractivity contribution in [1.82, 2.24) is 9.55 Å². The van der Waals surface area contributed by atoms with Gasteiger partial charge in [-0.2, -0.15) is 0 Å². The lowest BCUT2D eigenvalue weighted by Gasteiger charge is -2.11. The molecule has 0 amide bonds. The van der Waals surface area contributed by atoms with Crippen molar-refractivity contribution in [3.63, 3.8) is 0 Å². The third-order valence-electron chi connectivity index (χ3n) is 3.24. The van der Waals surface area contributed by atoms with Gasteiger partial charge in [-0.25, -0.2) is 9.37 Å². The van der Waals surface area contributed by atoms with Crippen LogP contribution in [0.1, 0.15) is 11.4 Å². The van der Waals surface area contributed by atoms with E-state index in [4.69, 9.17) is 23.2 Å². The average Bonchev–Trinajstić information content (AvgIpc) is 2.81. The highest BCUT2D eigenvalue weighted by Gasteiger charge is 2.15. The normalized spacial score (nSPS) is 11.2. The third-order valence-corrected chi connectivity index (χ3v) is 3.78. The molecule has 0 aliphatic rings. The van der Waals surface area contributed by atoms with Crippen LogP contribution in [-0.4, -0.2) is 9.55 Å². The lowest BCUT2D eigenvalue weighted by Crippen LogP contribution is -2.02. The number of alkyl halides is 1. The predicted octanol–water partition coefficient (Wildman–Crippen LogP) is 4.87. The van der Waals surface area contributed by atoms with Crippen LogP contribution < -0.4 is 0 Å². The Morgan fingerprint density at radius 1 is 1.25 bits per heavy atom. The SMILES string of the molecule is Cc1ccc(F)cc1-n1c(CCl)nc2c(Cl)cccc21. The minimum atomic E-state index is -0.296. The van der Waals surface area contributed by atoms with Crippen LogP contribution in [0.4, 0.5) is 4.39 Å². The Hall–Kier alpha value is -1.58. The van der Waals surface area contributed by atoms with Crippen LogP contribution in [0.15, 0.2) is 36.4 Å². The molecule has 0 unspecified atom stereocenters. The number of aryl methyl sites for hydroxylation is 1. The molecule has 2 nitrogen and oxygen atoms in total. The van der Waals surface area contributed by atoms with E-state index in [-0.39, 0.29) is 11.7 Å². The van der Waals surface area contributed by atoms with E-state index in [9.17, 15) is 4.39 Å². The van der Waals surface area contributed by atoms with E-state index in [0.29, 0.717) is 16.4 Å². The molecule has 5 heteroatoms. The molecule has 2 aromatic carbocycles. The molecule has 0 bridgehead atoms. The Morgan fingerprint density at radius 2 is 2.05 bits per heavy atom. The molecule has 1 aromatic heterocycles. The fraction of sp³-hybridized carbons (Fsp3) is 0.133. The average molecular weight is 309 g/mol. The number of nitrogens with zero attached hydrogens (tertiary/aromatic N) is 2. The van der Waals surface area contributed by atoms with Gasteiger partial charge in [0.25, 0.3) is 0 Å². The van der Waals surface area contributed by atoms with Crippen molar-refractivity contribution in [2.45, 2.75) is 12.8 Å². The van der Waals surface area contributed by atoms with Crippen LogP contribution in [-0.2, 0) is 5.88 Å². The number of benzene rings is 2. The number of halogens is 3. The highest BCUT2D eigenvalue weighted by atomic mass is 35.5. The molecule has 0 saturated carbocycles. The zero-order valence-electron chi connectivity index (χ0n) is 10.7. The maximum atomic E-state index is 13.6. The molecule has 0 N–H and O–H groups in total. The zero-order chi connectivity index (χ0) is 14.3. The number of imidazole rings is 1. The van der Waals surface area contributed by atoms with Crippen LogP contribution >= 0.6 is 23.2 Å². The van der Waals surface area contributed by atoms with Crippen molar-refractivity contribution in [3.8, 4) is 5.69 Å². The topological polar surface area (TPSA) is 17.8 Å². The fourth-order valence-electron chi connectivity index (χ4n) is 2.30. The van der Waals surface area contributed by atoms with E-state index >= 15 is 0 Å². The number of rotatable bonds is 2. The van der Waals surface area contributed by atoms with Crippen molar-refractivity contribution in [1.29, 1.82) is 0 Å². The Labute approximate surface area is 125 Å². The maximum absolute atomic E-state index is 13.6. The van der Waals surface area contributed by atoms with Crippen LogP contribution in [0.2, 0.25) is 5.02 Å². The van der Waals surface area contributed by atoms with Gasteiger partial charge in [-0.15, -0.1) is 11.6 Å². The Kier molecular flexibility index (Phi) is 3.40. The summed E-state index contributed by atoms with van der Waals surface area (Å²) in [5, 5.41) is 0.557. The van der Waals surface area contributed by atoms with Gasteiger partial charge in [-0.3, -0.25) is 4.57 Å². The Balaban J connectivity index is 2.40. The van der Waals surface area contributed by atoms with E-state index in [2.05, 4.69) is 4.98 Å². The predicted molar refractivity (Wildman–Crippen MR) is 80.3 cm³/mol. The molecular weight excluding hydrogens is 298 g/mol. The maximum Gasteiger partial charge on any atom is 0.129 e. The monoisotopic (exact) mass is 308 g/mol. The van der Waals surface area contributed by atoms with Crippen LogP contribution in [0.5, 0.6) is 0 Å². The van der Waals surface area contributed by atoms with Crippen molar-refractivity contribution < 1.29 is 4.39 Å². The van der Waals surface area contributed by atoms with Crippen LogP contribution in [0.25, 0.3) is 16.7 Å². The summed E-state index contributed by atoms with van der Waals surface area (Å²) in [5.41, 5.74) is 3.16. The second-order valence-electron chi connectivity index (χ2n) is 4.54. The summed E-state index contributed by atoms with van der Waals surface area (Å²) < 4.78 is 15.4. The summed E-state index contributed by atoms with van der Waals surface area (Å²) in [6.45, 7) is 1.92. The summed E-state index contributed by atoms with van der Waals surface area (Å²) in [6.07, 6.45) is 0. The quantitative estimate of drug-likeness (QED) is 0.618. The lowest BCUT2D eigenvalue weighted by atomic mass is 10.2. The van der Waals surface area contributed by atoms with Gasteiger partial charge >= 0.3 is 0 Å². The first-order chi connectivity index (χ1) is 9.61. The van der Waals surface area contributed by atoms with E-state index in [1.54, 1.807) is 12.1 Å². The first-order valence-electron chi connectivity index (χ1n) is 6.10. The Bertz CT molecular complexity index is 796. The molecule has 20 heavy (non-hydrogen) atoms. The minimum absolute atomic E-state index is 0.223. The minimum Gasteiger partial charge on any atom is -0.295 e. The molecule has 3 rings (SSSR count). The number of para-hydroxylation sites is 1. The summed E-state index contributed by atoms with van der Waals surface area (Å²) >= 11 is 12.1. The van der Waals surface area contributed by atoms with Gasteiger partial charge in [-0.05, 0) is 36.8 Å². The van der Waals surface area contributed by atoms with Crippen molar-refractivity contribution in [2.75, 3.05) is 0 Å². The number of hydrogen-bond donors (Lipinski definition) is 0. The molecular formula is C15H11Cl2FN2. The largest absolute Gasteiger partial charge is 0.295 e. The van der Waals surface area contributed by atoms with Gasteiger partial charge in [0.05, 0.1) is 22.1 Å². The molecule has 0 atom stereocenters. The third kappa shape index (κ3) is 2.07. The van der Waals surface area contributed by atoms with E-state index in [1.807, 2.05) is 23.6 Å². The summed E-state index contributed by atoms with van der Waals surface area (Å²) in [6, 6.07) is 10.2. The van der Waals surface area contributed by atoms with Gasteiger partial charge in [0, 0.05) is 0 Å². The molecule has 0 fully saturated rings. The first kappa shape index (κ1) is 13.4. The summed E-state index contributed by atoms with van der Waals surface area (Å²) in [5.74, 6) is 0.569. The fourth-order valence-corrected chi connectivity index (χ4v) is 2.69. The number of hydrogen-bond acceptors (Lipinski definition) is 1. The highest BCUT2D eigenvalue weighted by molar-refractivity contribution is 6.35. The first-order valence-corrected chi connectivity index (χ1v) is 7.01. The molecule has 0 aliphatic carbocycles. The van der Waals surface area contributed by atoms with Crippen molar-refractivity contribution in [2.24, 2.45) is 0 Å². The highest BCUT2D eigenvalue weighted by Crippen LogP contribution is 2.29. The lowest BCUT2D eigenvalue weighted by molar-refractivity contribution is 0.626. The van der Waals surface area contributed by atoms with E-state index < -0.39 is 0 Å². The molecule has 1 heterocycles. The summed E-state index contributed by atoms with van der Waals surface area (Å²) in [4.78, 5) is 4.45. The molecule has 0 spiro atoms.